The molecule has 0 spiro atoms. The summed E-state index contributed by atoms with van der Waals surface area (Å²) in [5, 5.41) is 9.56. The lowest BCUT2D eigenvalue weighted by Crippen LogP contribution is -2.41. The van der Waals surface area contributed by atoms with Gasteiger partial charge in [-0.05, 0) is 31.9 Å². The molecular formula is C16H19ClN2O2. The molecule has 0 bridgehead atoms. The van der Waals surface area contributed by atoms with Gasteiger partial charge in [-0.25, -0.2) is 0 Å². The monoisotopic (exact) mass is 306 g/mol. The van der Waals surface area contributed by atoms with Gasteiger partial charge >= 0.3 is 0 Å². The van der Waals surface area contributed by atoms with Crippen molar-refractivity contribution in [1.82, 2.24) is 4.90 Å². The Morgan fingerprint density at radius 1 is 1.33 bits per heavy atom. The topological polar surface area (TPSA) is 53.3 Å². The quantitative estimate of drug-likeness (QED) is 0.860. The van der Waals surface area contributed by atoms with E-state index in [0.29, 0.717) is 16.3 Å². The molecule has 0 saturated carbocycles. The van der Waals surface area contributed by atoms with Crippen LogP contribution in [-0.4, -0.2) is 30.0 Å². The van der Waals surface area contributed by atoms with Crippen molar-refractivity contribution in [3.63, 3.8) is 0 Å². The van der Waals surface area contributed by atoms with E-state index in [4.69, 9.17) is 21.6 Å². The Morgan fingerprint density at radius 2 is 2.00 bits per heavy atom. The molecule has 1 aliphatic heterocycles. The third-order valence-corrected chi connectivity index (χ3v) is 3.87. The fourth-order valence-corrected chi connectivity index (χ4v) is 2.64. The van der Waals surface area contributed by atoms with Gasteiger partial charge in [-0.2, -0.15) is 5.26 Å². The molecule has 1 aromatic rings. The van der Waals surface area contributed by atoms with E-state index < -0.39 is 6.10 Å². The first kappa shape index (κ1) is 15.7. The van der Waals surface area contributed by atoms with Gasteiger partial charge in [0.2, 0.25) is 0 Å². The van der Waals surface area contributed by atoms with Gasteiger partial charge in [0.1, 0.15) is 11.8 Å². The molecular weight excluding hydrogens is 288 g/mol. The number of rotatable bonds is 3. The van der Waals surface area contributed by atoms with Crippen LogP contribution in [0.4, 0.5) is 0 Å². The van der Waals surface area contributed by atoms with E-state index in [2.05, 4.69) is 0 Å². The minimum atomic E-state index is -0.617. The molecule has 1 fully saturated rings. The Balaban J connectivity index is 2.06. The molecule has 21 heavy (non-hydrogen) atoms. The Morgan fingerprint density at radius 3 is 2.62 bits per heavy atom. The van der Waals surface area contributed by atoms with E-state index in [0.717, 1.165) is 25.9 Å². The van der Waals surface area contributed by atoms with Gasteiger partial charge < -0.3 is 9.64 Å². The van der Waals surface area contributed by atoms with Crippen molar-refractivity contribution in [2.45, 2.75) is 38.7 Å². The van der Waals surface area contributed by atoms with Gasteiger partial charge in [0, 0.05) is 24.2 Å². The number of hydrogen-bond acceptors (Lipinski definition) is 3. The molecule has 1 amide bonds. The maximum absolute atomic E-state index is 12.4. The van der Waals surface area contributed by atoms with Crippen molar-refractivity contribution in [1.29, 1.82) is 5.26 Å². The number of carbonyl (C=O) groups is 1. The van der Waals surface area contributed by atoms with Crippen LogP contribution in [0.25, 0.3) is 0 Å². The molecule has 5 heteroatoms. The van der Waals surface area contributed by atoms with Crippen LogP contribution >= 0.6 is 11.6 Å². The predicted molar refractivity (Wildman–Crippen MR) is 81.3 cm³/mol. The SMILES string of the molecule is CC(Oc1cc(Cl)ccc1C#N)C(=O)N1CCCCCC1. The Kier molecular flexibility index (Phi) is 5.46. The lowest BCUT2D eigenvalue weighted by atomic mass is 10.2. The van der Waals surface area contributed by atoms with Gasteiger partial charge in [-0.3, -0.25) is 4.79 Å². The highest BCUT2D eigenvalue weighted by atomic mass is 35.5. The lowest BCUT2D eigenvalue weighted by Gasteiger charge is -2.24. The molecule has 4 nitrogen and oxygen atoms in total. The first-order valence-corrected chi connectivity index (χ1v) is 7.64. The minimum absolute atomic E-state index is 0.0271. The number of likely N-dealkylation sites (tertiary alicyclic amines) is 1. The number of amides is 1. The summed E-state index contributed by atoms with van der Waals surface area (Å²) in [6.07, 6.45) is 3.81. The van der Waals surface area contributed by atoms with Gasteiger partial charge in [0.25, 0.3) is 5.91 Å². The van der Waals surface area contributed by atoms with Crippen molar-refractivity contribution in [3.05, 3.63) is 28.8 Å². The number of benzene rings is 1. The molecule has 112 valence electrons. The second kappa shape index (κ2) is 7.33. The zero-order valence-corrected chi connectivity index (χ0v) is 12.9. The Labute approximate surface area is 130 Å². The molecule has 0 aromatic heterocycles. The van der Waals surface area contributed by atoms with Gasteiger partial charge in [-0.1, -0.05) is 24.4 Å². The summed E-state index contributed by atoms with van der Waals surface area (Å²) in [6.45, 7) is 3.29. The van der Waals surface area contributed by atoms with Crippen molar-refractivity contribution < 1.29 is 9.53 Å². The standard InChI is InChI=1S/C16H19ClN2O2/c1-12(16(20)19-8-4-2-3-5-9-19)21-15-10-14(17)7-6-13(15)11-18/h6-7,10,12H,2-5,8-9H2,1H3. The third kappa shape index (κ3) is 4.12. The van der Waals surface area contributed by atoms with Crippen molar-refractivity contribution in [2.24, 2.45) is 0 Å². The maximum Gasteiger partial charge on any atom is 0.263 e. The smallest absolute Gasteiger partial charge is 0.263 e. The highest BCUT2D eigenvalue weighted by molar-refractivity contribution is 6.30. The first-order chi connectivity index (χ1) is 10.1. The van der Waals surface area contributed by atoms with E-state index in [1.165, 1.54) is 12.8 Å². The molecule has 1 aromatic carbocycles. The third-order valence-electron chi connectivity index (χ3n) is 3.63. The summed E-state index contributed by atoms with van der Waals surface area (Å²) in [7, 11) is 0. The first-order valence-electron chi connectivity index (χ1n) is 7.27. The normalized spacial score (nSPS) is 16.7. The molecule has 1 unspecified atom stereocenters. The van der Waals surface area contributed by atoms with Crippen LogP contribution in [0, 0.1) is 11.3 Å². The van der Waals surface area contributed by atoms with Crippen LogP contribution in [0.3, 0.4) is 0 Å². The Hall–Kier alpha value is -1.73. The second-order valence-electron chi connectivity index (χ2n) is 5.25. The summed E-state index contributed by atoms with van der Waals surface area (Å²) in [5.41, 5.74) is 0.384. The van der Waals surface area contributed by atoms with E-state index in [-0.39, 0.29) is 5.91 Å². The van der Waals surface area contributed by atoms with Gasteiger partial charge in [-0.15, -0.1) is 0 Å². The maximum atomic E-state index is 12.4. The van der Waals surface area contributed by atoms with E-state index >= 15 is 0 Å². The zero-order chi connectivity index (χ0) is 15.2. The minimum Gasteiger partial charge on any atom is -0.479 e. The molecule has 1 atom stereocenters. The number of carbonyl (C=O) groups excluding carboxylic acids is 1. The largest absolute Gasteiger partial charge is 0.479 e. The van der Waals surface area contributed by atoms with E-state index in [1.54, 1.807) is 25.1 Å². The highest BCUT2D eigenvalue weighted by Gasteiger charge is 2.23. The van der Waals surface area contributed by atoms with Crippen molar-refractivity contribution >= 4 is 17.5 Å². The van der Waals surface area contributed by atoms with Crippen LogP contribution in [0.1, 0.15) is 38.2 Å². The molecule has 1 saturated heterocycles. The second-order valence-corrected chi connectivity index (χ2v) is 5.69. The van der Waals surface area contributed by atoms with E-state index in [9.17, 15) is 4.79 Å². The Bertz CT molecular complexity index is 546. The number of halogens is 1. The molecule has 0 radical (unpaired) electrons. The van der Waals surface area contributed by atoms with Crippen LogP contribution in [0.15, 0.2) is 18.2 Å². The molecule has 2 rings (SSSR count). The summed E-state index contributed by atoms with van der Waals surface area (Å²) >= 11 is 5.92. The fraction of sp³-hybridized carbons (Fsp3) is 0.500. The van der Waals surface area contributed by atoms with Gasteiger partial charge in [0.15, 0.2) is 6.10 Å². The van der Waals surface area contributed by atoms with Crippen LogP contribution in [0.2, 0.25) is 5.02 Å². The predicted octanol–water partition coefficient (Wildman–Crippen LogP) is 3.38. The number of nitrogens with zero attached hydrogens (tertiary/aromatic N) is 2. The van der Waals surface area contributed by atoms with Crippen molar-refractivity contribution in [2.75, 3.05) is 13.1 Å². The van der Waals surface area contributed by atoms with Crippen LogP contribution in [-0.2, 0) is 4.79 Å². The summed E-state index contributed by atoms with van der Waals surface area (Å²) in [4.78, 5) is 14.3. The average molecular weight is 307 g/mol. The van der Waals surface area contributed by atoms with Gasteiger partial charge in [0.05, 0.1) is 5.56 Å². The molecule has 1 heterocycles. The fourth-order valence-electron chi connectivity index (χ4n) is 2.48. The summed E-state index contributed by atoms with van der Waals surface area (Å²) < 4.78 is 5.67. The molecule has 0 aliphatic carbocycles. The zero-order valence-electron chi connectivity index (χ0n) is 12.1. The highest BCUT2D eigenvalue weighted by Crippen LogP contribution is 2.24. The molecule has 1 aliphatic rings. The summed E-state index contributed by atoms with van der Waals surface area (Å²) in [5.74, 6) is 0.335. The van der Waals surface area contributed by atoms with E-state index in [1.807, 2.05) is 11.0 Å². The average Bonchev–Trinajstić information content (AvgIpc) is 2.75. The molecule has 0 N–H and O–H groups in total. The number of ether oxygens (including phenoxy) is 1. The summed E-state index contributed by atoms with van der Waals surface area (Å²) in [6, 6.07) is 6.85. The lowest BCUT2D eigenvalue weighted by molar-refractivity contribution is -0.137. The number of hydrogen-bond donors (Lipinski definition) is 0. The number of nitriles is 1. The van der Waals surface area contributed by atoms with Crippen LogP contribution < -0.4 is 4.74 Å². The van der Waals surface area contributed by atoms with Crippen molar-refractivity contribution in [3.8, 4) is 11.8 Å². The van der Waals surface area contributed by atoms with Crippen LogP contribution in [0.5, 0.6) is 5.75 Å².